The normalized spacial score (nSPS) is 24.9. The van der Waals surface area contributed by atoms with Gasteiger partial charge >= 0.3 is 5.69 Å². The van der Waals surface area contributed by atoms with Gasteiger partial charge in [-0.3, -0.25) is 4.57 Å². The second-order valence-electron chi connectivity index (χ2n) is 8.03. The SMILES string of the molecule is CO[C@@H]1[C@H](O)[C@@H](CO)O[C@H]1n1cc(I)c(N=CN(CC(C)C)CC(C)C)nc1=O. The van der Waals surface area contributed by atoms with E-state index in [0.717, 1.165) is 13.1 Å². The number of aliphatic hydroxyl groups is 2. The fourth-order valence-electron chi connectivity index (χ4n) is 3.30. The van der Waals surface area contributed by atoms with Crippen LogP contribution in [0.15, 0.2) is 16.0 Å². The second kappa shape index (κ2) is 10.8. The van der Waals surface area contributed by atoms with Crippen LogP contribution < -0.4 is 5.69 Å². The number of hydrogen-bond donors (Lipinski definition) is 2. The number of nitrogens with zero attached hydrogens (tertiary/aromatic N) is 4. The summed E-state index contributed by atoms with van der Waals surface area (Å²) in [4.78, 5) is 23.3. The molecule has 0 amide bonds. The van der Waals surface area contributed by atoms with Crippen molar-refractivity contribution in [2.24, 2.45) is 16.8 Å². The van der Waals surface area contributed by atoms with E-state index >= 15 is 0 Å². The van der Waals surface area contributed by atoms with Crippen molar-refractivity contribution >= 4 is 34.7 Å². The summed E-state index contributed by atoms with van der Waals surface area (Å²) in [5, 5.41) is 19.6. The summed E-state index contributed by atoms with van der Waals surface area (Å²) in [6.45, 7) is 9.93. The number of methoxy groups -OCH3 is 1. The molecule has 1 saturated heterocycles. The fraction of sp³-hybridized carbons (Fsp3) is 0.737. The molecule has 2 N–H and O–H groups in total. The molecule has 2 heterocycles. The number of aliphatic hydroxyl groups excluding tert-OH is 2. The van der Waals surface area contributed by atoms with E-state index in [0.29, 0.717) is 21.2 Å². The Kier molecular flexibility index (Phi) is 9.01. The molecule has 0 aromatic carbocycles. The van der Waals surface area contributed by atoms with Gasteiger partial charge in [0.2, 0.25) is 0 Å². The van der Waals surface area contributed by atoms with E-state index in [2.05, 4.69) is 65.2 Å². The lowest BCUT2D eigenvalue weighted by molar-refractivity contribution is -0.0625. The largest absolute Gasteiger partial charge is 0.394 e. The third kappa shape index (κ3) is 6.20. The molecule has 9 nitrogen and oxygen atoms in total. The number of aliphatic imine (C=N–C) groups is 1. The molecule has 1 aromatic rings. The third-order valence-electron chi connectivity index (χ3n) is 4.47. The molecule has 4 atom stereocenters. The lowest BCUT2D eigenvalue weighted by atomic mass is 10.1. The van der Waals surface area contributed by atoms with Gasteiger partial charge < -0.3 is 24.6 Å². The third-order valence-corrected chi connectivity index (χ3v) is 5.23. The zero-order valence-corrected chi connectivity index (χ0v) is 19.7. The molecule has 1 fully saturated rings. The number of rotatable bonds is 9. The smallest absolute Gasteiger partial charge is 0.351 e. The molecule has 1 aliphatic rings. The molecule has 10 heteroatoms. The zero-order chi connectivity index (χ0) is 21.7. The fourth-order valence-corrected chi connectivity index (χ4v) is 3.86. The average Bonchev–Trinajstić information content (AvgIpc) is 2.96. The molecule has 0 aliphatic carbocycles. The van der Waals surface area contributed by atoms with Gasteiger partial charge in [-0.05, 0) is 34.4 Å². The monoisotopic (exact) mass is 522 g/mol. The Hall–Kier alpha value is -1.08. The first-order valence-electron chi connectivity index (χ1n) is 9.72. The van der Waals surface area contributed by atoms with Gasteiger partial charge in [0.15, 0.2) is 12.0 Å². The average molecular weight is 522 g/mol. The standard InChI is InChI=1S/C19H31IN4O5/c1-11(2)6-23(7-12(3)4)10-21-17-13(20)8-24(19(27)22-17)18-16(28-5)15(26)14(9-25)29-18/h8,10-12,14-16,18,25-26H,6-7,9H2,1-5H3/t14-,15-,16-,18-/m1/s1. The maximum atomic E-state index is 12.6. The zero-order valence-electron chi connectivity index (χ0n) is 17.5. The number of aromatic nitrogens is 2. The molecule has 0 saturated carbocycles. The van der Waals surface area contributed by atoms with E-state index in [1.54, 1.807) is 12.5 Å². The molecule has 1 aliphatic heterocycles. The van der Waals surface area contributed by atoms with Crippen molar-refractivity contribution in [2.45, 2.75) is 52.2 Å². The van der Waals surface area contributed by atoms with Gasteiger partial charge in [0.1, 0.15) is 18.3 Å². The van der Waals surface area contributed by atoms with Crippen LogP contribution in [0.1, 0.15) is 33.9 Å². The minimum Gasteiger partial charge on any atom is -0.394 e. The number of halogens is 1. The van der Waals surface area contributed by atoms with Crippen molar-refractivity contribution < 1.29 is 19.7 Å². The first kappa shape index (κ1) is 24.2. The van der Waals surface area contributed by atoms with Crippen LogP contribution in [-0.4, -0.2) is 76.1 Å². The van der Waals surface area contributed by atoms with Crippen molar-refractivity contribution in [3.05, 3.63) is 20.3 Å². The minimum absolute atomic E-state index is 0.329. The minimum atomic E-state index is -1.04. The Morgan fingerprint density at radius 2 is 2.00 bits per heavy atom. The van der Waals surface area contributed by atoms with Crippen LogP contribution in [0.3, 0.4) is 0 Å². The Balaban J connectivity index is 2.28. The van der Waals surface area contributed by atoms with E-state index in [1.165, 1.54) is 11.7 Å². The van der Waals surface area contributed by atoms with Gasteiger partial charge in [0.05, 0.1) is 16.5 Å². The van der Waals surface area contributed by atoms with Crippen LogP contribution in [0.25, 0.3) is 0 Å². The van der Waals surface area contributed by atoms with E-state index in [9.17, 15) is 15.0 Å². The predicted molar refractivity (Wildman–Crippen MR) is 118 cm³/mol. The lowest BCUT2D eigenvalue weighted by Crippen LogP contribution is -2.37. The van der Waals surface area contributed by atoms with Gasteiger partial charge in [-0.1, -0.05) is 27.7 Å². The Labute approximate surface area is 184 Å². The highest BCUT2D eigenvalue weighted by atomic mass is 127. The van der Waals surface area contributed by atoms with E-state index < -0.39 is 30.2 Å². The number of hydrogen-bond acceptors (Lipinski definition) is 7. The van der Waals surface area contributed by atoms with Crippen molar-refractivity contribution in [1.82, 2.24) is 14.5 Å². The summed E-state index contributed by atoms with van der Waals surface area (Å²) in [6.07, 6.45) is -0.211. The molecule has 0 bridgehead atoms. The summed E-state index contributed by atoms with van der Waals surface area (Å²) in [7, 11) is 1.42. The van der Waals surface area contributed by atoms with Crippen LogP contribution in [0.2, 0.25) is 0 Å². The van der Waals surface area contributed by atoms with Gasteiger partial charge in [-0.2, -0.15) is 4.98 Å². The highest BCUT2D eigenvalue weighted by molar-refractivity contribution is 14.1. The maximum Gasteiger partial charge on any atom is 0.351 e. The summed E-state index contributed by atoms with van der Waals surface area (Å²) >= 11 is 2.06. The molecular formula is C19H31IN4O5. The van der Waals surface area contributed by atoms with Gasteiger partial charge in [-0.25, -0.2) is 9.79 Å². The van der Waals surface area contributed by atoms with Crippen LogP contribution in [-0.2, 0) is 9.47 Å². The predicted octanol–water partition coefficient (Wildman–Crippen LogP) is 1.39. The van der Waals surface area contributed by atoms with Crippen molar-refractivity contribution in [1.29, 1.82) is 0 Å². The molecule has 164 valence electrons. The summed E-state index contributed by atoms with van der Waals surface area (Å²) in [5.41, 5.74) is -0.560. The Morgan fingerprint density at radius 1 is 1.38 bits per heavy atom. The lowest BCUT2D eigenvalue weighted by Gasteiger charge is -2.23. The van der Waals surface area contributed by atoms with Crippen LogP contribution in [0.5, 0.6) is 0 Å². The Bertz CT molecular complexity index is 745. The molecule has 2 rings (SSSR count). The molecule has 0 spiro atoms. The molecule has 29 heavy (non-hydrogen) atoms. The van der Waals surface area contributed by atoms with Crippen LogP contribution in [0.4, 0.5) is 5.82 Å². The van der Waals surface area contributed by atoms with Crippen molar-refractivity contribution in [2.75, 3.05) is 26.8 Å². The Morgan fingerprint density at radius 3 is 2.52 bits per heavy atom. The first-order valence-corrected chi connectivity index (χ1v) is 10.8. The van der Waals surface area contributed by atoms with Crippen molar-refractivity contribution in [3.63, 3.8) is 0 Å². The first-order chi connectivity index (χ1) is 13.7. The van der Waals surface area contributed by atoms with E-state index in [-0.39, 0.29) is 6.61 Å². The quantitative estimate of drug-likeness (QED) is 0.287. The highest BCUT2D eigenvalue weighted by Crippen LogP contribution is 2.31. The van der Waals surface area contributed by atoms with E-state index in [1.807, 2.05) is 0 Å². The second-order valence-corrected chi connectivity index (χ2v) is 9.19. The maximum absolute atomic E-state index is 12.6. The summed E-state index contributed by atoms with van der Waals surface area (Å²) < 4.78 is 12.8. The van der Waals surface area contributed by atoms with Crippen LogP contribution in [0, 0.1) is 15.4 Å². The number of ether oxygens (including phenoxy) is 2. The van der Waals surface area contributed by atoms with Gasteiger partial charge in [0.25, 0.3) is 0 Å². The van der Waals surface area contributed by atoms with Crippen LogP contribution >= 0.6 is 22.6 Å². The summed E-state index contributed by atoms with van der Waals surface area (Å²) in [5.74, 6) is 1.30. The van der Waals surface area contributed by atoms with E-state index in [4.69, 9.17) is 9.47 Å². The van der Waals surface area contributed by atoms with Gasteiger partial charge in [0, 0.05) is 26.4 Å². The van der Waals surface area contributed by atoms with Gasteiger partial charge in [-0.15, -0.1) is 0 Å². The highest BCUT2D eigenvalue weighted by Gasteiger charge is 2.45. The molecule has 0 unspecified atom stereocenters. The molecular weight excluding hydrogens is 491 g/mol. The molecule has 1 aromatic heterocycles. The summed E-state index contributed by atoms with van der Waals surface area (Å²) in [6, 6.07) is 0. The van der Waals surface area contributed by atoms with Crippen molar-refractivity contribution in [3.8, 4) is 0 Å². The topological polar surface area (TPSA) is 109 Å². The molecule has 0 radical (unpaired) electrons.